The maximum Gasteiger partial charge on any atom is 0.325 e. The van der Waals surface area contributed by atoms with E-state index in [0.717, 1.165) is 0 Å². The van der Waals surface area contributed by atoms with Crippen molar-refractivity contribution in [2.75, 3.05) is 20.2 Å². The van der Waals surface area contributed by atoms with E-state index in [9.17, 15) is 23.6 Å². The summed E-state index contributed by atoms with van der Waals surface area (Å²) >= 11 is 0. The second-order valence-electron chi connectivity index (χ2n) is 7.16. The van der Waals surface area contributed by atoms with Crippen LogP contribution in [0.3, 0.4) is 0 Å². The molecule has 160 valence electrons. The minimum absolute atomic E-state index is 0.140. The third-order valence-corrected chi connectivity index (χ3v) is 5.49. The molecule has 0 spiro atoms. The van der Waals surface area contributed by atoms with Gasteiger partial charge in [0.1, 0.15) is 17.1 Å². The van der Waals surface area contributed by atoms with Crippen molar-refractivity contribution < 1.29 is 18.7 Å². The molecule has 1 aliphatic rings. The number of aromatic nitrogens is 2. The summed E-state index contributed by atoms with van der Waals surface area (Å²) in [7, 11) is 1.37. The highest BCUT2D eigenvalue weighted by Crippen LogP contribution is 2.26. The SMILES string of the molecule is COc1cccc(F)c1C(=O)N1CCN(C(=O)Cc2c[nH]c(=O)[nH]c2=O)[C@H](C)[C@H]1C. The normalized spacial score (nSPS) is 18.9. The molecule has 2 aromatic rings. The number of carbonyl (C=O) groups is 2. The van der Waals surface area contributed by atoms with Gasteiger partial charge in [-0.15, -0.1) is 0 Å². The van der Waals surface area contributed by atoms with Crippen LogP contribution >= 0.6 is 0 Å². The number of piperazine rings is 1. The average molecular weight is 418 g/mol. The van der Waals surface area contributed by atoms with Gasteiger partial charge < -0.3 is 19.5 Å². The molecular weight excluding hydrogens is 395 g/mol. The molecule has 2 amide bonds. The Labute approximate surface area is 171 Å². The number of nitrogens with one attached hydrogen (secondary N) is 2. The molecule has 30 heavy (non-hydrogen) atoms. The third kappa shape index (κ3) is 3.98. The van der Waals surface area contributed by atoms with Gasteiger partial charge in [0, 0.05) is 36.9 Å². The van der Waals surface area contributed by atoms with Crippen molar-refractivity contribution in [1.29, 1.82) is 0 Å². The van der Waals surface area contributed by atoms with Crippen LogP contribution < -0.4 is 16.0 Å². The van der Waals surface area contributed by atoms with E-state index < -0.39 is 29.0 Å². The molecule has 0 bridgehead atoms. The van der Waals surface area contributed by atoms with Crippen LogP contribution in [0.4, 0.5) is 4.39 Å². The van der Waals surface area contributed by atoms with Gasteiger partial charge in [0.15, 0.2) is 0 Å². The Balaban J connectivity index is 1.77. The highest BCUT2D eigenvalue weighted by molar-refractivity contribution is 5.97. The van der Waals surface area contributed by atoms with Crippen molar-refractivity contribution in [2.45, 2.75) is 32.4 Å². The van der Waals surface area contributed by atoms with Crippen molar-refractivity contribution in [1.82, 2.24) is 19.8 Å². The van der Waals surface area contributed by atoms with Crippen molar-refractivity contribution in [3.8, 4) is 5.75 Å². The first kappa shape index (κ1) is 21.3. The smallest absolute Gasteiger partial charge is 0.325 e. The Kier molecular flexibility index (Phi) is 6.04. The molecule has 1 aromatic carbocycles. The average Bonchev–Trinajstić information content (AvgIpc) is 2.71. The number of aromatic amines is 2. The summed E-state index contributed by atoms with van der Waals surface area (Å²) in [6, 6.07) is 3.42. The lowest BCUT2D eigenvalue weighted by atomic mass is 10.0. The zero-order chi connectivity index (χ0) is 22.0. The number of amides is 2. The Hall–Kier alpha value is -3.43. The van der Waals surface area contributed by atoms with Crippen LogP contribution in [-0.2, 0) is 11.2 Å². The van der Waals surface area contributed by atoms with E-state index >= 15 is 0 Å². The number of H-pyrrole nitrogens is 2. The molecule has 1 fully saturated rings. The molecule has 1 saturated heterocycles. The lowest BCUT2D eigenvalue weighted by molar-refractivity contribution is -0.136. The molecule has 9 nitrogen and oxygen atoms in total. The molecule has 1 aliphatic heterocycles. The van der Waals surface area contributed by atoms with E-state index in [1.165, 1.54) is 36.4 Å². The second-order valence-corrected chi connectivity index (χ2v) is 7.16. The monoisotopic (exact) mass is 418 g/mol. The molecule has 10 heteroatoms. The highest BCUT2D eigenvalue weighted by atomic mass is 19.1. The largest absolute Gasteiger partial charge is 0.496 e. The van der Waals surface area contributed by atoms with Crippen LogP contribution in [0.1, 0.15) is 29.8 Å². The van der Waals surface area contributed by atoms with Gasteiger partial charge in [-0.05, 0) is 26.0 Å². The molecule has 3 rings (SSSR count). The predicted octanol–water partition coefficient (Wildman–Crippen LogP) is 0.515. The zero-order valence-corrected chi connectivity index (χ0v) is 16.9. The van der Waals surface area contributed by atoms with Gasteiger partial charge in [0.25, 0.3) is 11.5 Å². The summed E-state index contributed by atoms with van der Waals surface area (Å²) in [5.41, 5.74) is -1.25. The van der Waals surface area contributed by atoms with Gasteiger partial charge in [-0.25, -0.2) is 9.18 Å². The van der Waals surface area contributed by atoms with Crippen molar-refractivity contribution in [3.05, 3.63) is 62.2 Å². The summed E-state index contributed by atoms with van der Waals surface area (Å²) in [5.74, 6) is -1.33. The Morgan fingerprint density at radius 2 is 1.83 bits per heavy atom. The van der Waals surface area contributed by atoms with Crippen LogP contribution in [0, 0.1) is 5.82 Å². The fourth-order valence-corrected chi connectivity index (χ4v) is 3.64. The van der Waals surface area contributed by atoms with Crippen molar-refractivity contribution in [2.24, 2.45) is 0 Å². The van der Waals surface area contributed by atoms with Crippen LogP contribution in [0.5, 0.6) is 5.75 Å². The molecule has 0 radical (unpaired) electrons. The van der Waals surface area contributed by atoms with Gasteiger partial charge in [0.05, 0.1) is 13.5 Å². The molecule has 2 atom stereocenters. The van der Waals surface area contributed by atoms with E-state index in [2.05, 4.69) is 9.97 Å². The topological polar surface area (TPSA) is 116 Å². The summed E-state index contributed by atoms with van der Waals surface area (Å²) in [4.78, 5) is 56.3. The van der Waals surface area contributed by atoms with Crippen molar-refractivity contribution >= 4 is 11.8 Å². The minimum atomic E-state index is -0.671. The van der Waals surface area contributed by atoms with E-state index in [1.807, 2.05) is 0 Å². The first-order chi connectivity index (χ1) is 14.2. The fraction of sp³-hybridized carbons (Fsp3) is 0.400. The number of rotatable bonds is 4. The van der Waals surface area contributed by atoms with Gasteiger partial charge in [-0.1, -0.05) is 6.07 Å². The number of benzene rings is 1. The fourth-order valence-electron chi connectivity index (χ4n) is 3.64. The maximum absolute atomic E-state index is 14.3. The molecule has 0 saturated carbocycles. The van der Waals surface area contributed by atoms with Gasteiger partial charge in [-0.2, -0.15) is 0 Å². The van der Waals surface area contributed by atoms with Crippen LogP contribution in [0.2, 0.25) is 0 Å². The lowest BCUT2D eigenvalue weighted by Gasteiger charge is -2.45. The quantitative estimate of drug-likeness (QED) is 0.751. The molecule has 0 aliphatic carbocycles. The first-order valence-corrected chi connectivity index (χ1v) is 9.48. The number of methoxy groups -OCH3 is 1. The van der Waals surface area contributed by atoms with E-state index in [4.69, 9.17) is 4.74 Å². The van der Waals surface area contributed by atoms with Gasteiger partial charge in [-0.3, -0.25) is 19.4 Å². The van der Waals surface area contributed by atoms with Crippen molar-refractivity contribution in [3.63, 3.8) is 0 Å². The van der Waals surface area contributed by atoms with Crippen LogP contribution in [0.15, 0.2) is 34.0 Å². The third-order valence-electron chi connectivity index (χ3n) is 5.49. The standard InChI is InChI=1S/C20H23FN4O5/c1-11-12(2)25(19(28)17-14(21)5-4-6-15(17)30-3)8-7-24(11)16(26)9-13-10-22-20(29)23-18(13)27/h4-6,10-12H,7-9H2,1-3H3,(H2,22,23,27,29)/t11-,12-/m1/s1. The Morgan fingerprint density at radius 1 is 1.17 bits per heavy atom. The summed E-state index contributed by atoms with van der Waals surface area (Å²) in [6.07, 6.45) is 1.04. The molecule has 2 heterocycles. The highest BCUT2D eigenvalue weighted by Gasteiger charge is 2.37. The predicted molar refractivity (Wildman–Crippen MR) is 106 cm³/mol. The van der Waals surface area contributed by atoms with E-state index in [0.29, 0.717) is 0 Å². The first-order valence-electron chi connectivity index (χ1n) is 9.48. The van der Waals surface area contributed by atoms with Crippen LogP contribution in [0.25, 0.3) is 0 Å². The summed E-state index contributed by atoms with van der Waals surface area (Å²) in [5, 5.41) is 0. The van der Waals surface area contributed by atoms with E-state index in [-0.39, 0.29) is 48.3 Å². The zero-order valence-electron chi connectivity index (χ0n) is 16.9. The lowest BCUT2D eigenvalue weighted by Crippen LogP contribution is -2.60. The Bertz CT molecular complexity index is 1080. The number of hydrogen-bond acceptors (Lipinski definition) is 5. The minimum Gasteiger partial charge on any atom is -0.496 e. The number of ether oxygens (including phenoxy) is 1. The summed E-state index contributed by atoms with van der Waals surface area (Å²) in [6.45, 7) is 4.00. The number of hydrogen-bond donors (Lipinski definition) is 2. The maximum atomic E-state index is 14.3. The molecule has 2 N–H and O–H groups in total. The van der Waals surface area contributed by atoms with Crippen LogP contribution in [-0.4, -0.2) is 63.9 Å². The van der Waals surface area contributed by atoms with Gasteiger partial charge >= 0.3 is 5.69 Å². The molecular formula is C20H23FN4O5. The summed E-state index contributed by atoms with van der Waals surface area (Å²) < 4.78 is 19.5. The second kappa shape index (κ2) is 8.52. The van der Waals surface area contributed by atoms with Gasteiger partial charge in [0.2, 0.25) is 5.91 Å². The van der Waals surface area contributed by atoms with E-state index in [1.54, 1.807) is 18.7 Å². The number of nitrogens with zero attached hydrogens (tertiary/aromatic N) is 2. The Morgan fingerprint density at radius 3 is 2.50 bits per heavy atom. The number of carbonyl (C=O) groups excluding carboxylic acids is 2. The molecule has 1 aromatic heterocycles. The molecule has 0 unspecified atom stereocenters. The number of halogens is 1.